The maximum absolute atomic E-state index is 12.6. The van der Waals surface area contributed by atoms with Gasteiger partial charge in [0.15, 0.2) is 0 Å². The topological polar surface area (TPSA) is 57.6 Å². The third-order valence-corrected chi connectivity index (χ3v) is 3.94. The minimum Gasteiger partial charge on any atom is -0.315 e. The molecule has 8 heteroatoms. The van der Waals surface area contributed by atoms with E-state index in [-0.39, 0.29) is 13.0 Å². The molecule has 0 saturated carbocycles. The number of hydrogen-bond acceptors (Lipinski definition) is 4. The highest BCUT2D eigenvalue weighted by Crippen LogP contribution is 2.36. The highest BCUT2D eigenvalue weighted by atomic mass is 19.4. The van der Waals surface area contributed by atoms with Crippen LogP contribution < -0.4 is 5.32 Å². The molecule has 5 nitrogen and oxygen atoms in total. The van der Waals surface area contributed by atoms with Crippen LogP contribution in [0.3, 0.4) is 0 Å². The smallest absolute Gasteiger partial charge is 0.315 e. The molecule has 0 spiro atoms. The average molecular weight is 312 g/mol. The molecule has 1 atom stereocenters. The van der Waals surface area contributed by atoms with E-state index in [1.54, 1.807) is 24.4 Å². The summed E-state index contributed by atoms with van der Waals surface area (Å²) in [6.45, 7) is -0.454. The van der Waals surface area contributed by atoms with Gasteiger partial charge in [-0.05, 0) is 12.1 Å². The first-order valence-corrected chi connectivity index (χ1v) is 6.98. The van der Waals surface area contributed by atoms with Crippen molar-refractivity contribution < 1.29 is 18.0 Å². The van der Waals surface area contributed by atoms with Crippen molar-refractivity contribution in [3.63, 3.8) is 0 Å². The van der Waals surface area contributed by atoms with Gasteiger partial charge in [-0.25, -0.2) is 5.01 Å². The highest BCUT2D eigenvalue weighted by Gasteiger charge is 2.53. The van der Waals surface area contributed by atoms with Crippen LogP contribution in [0.25, 0.3) is 0 Å². The van der Waals surface area contributed by atoms with Gasteiger partial charge in [0, 0.05) is 37.8 Å². The van der Waals surface area contributed by atoms with E-state index in [9.17, 15) is 18.0 Å². The standard InChI is InChI=1S/C14H15F3N4O/c15-14(16,17)9-21-12(22)13(7-10-3-1-2-5-19-10)8-18-6-4-11(13)20-21/h1-3,5,18H,4,6-9H2. The molecule has 1 aromatic rings. The van der Waals surface area contributed by atoms with E-state index in [0.717, 1.165) is 0 Å². The van der Waals surface area contributed by atoms with Crippen molar-refractivity contribution in [3.05, 3.63) is 30.1 Å². The zero-order valence-electron chi connectivity index (χ0n) is 11.7. The molecule has 0 bridgehead atoms. The molecular formula is C14H15F3N4O. The summed E-state index contributed by atoms with van der Waals surface area (Å²) < 4.78 is 37.9. The number of nitrogens with one attached hydrogen (secondary N) is 1. The van der Waals surface area contributed by atoms with Crippen LogP contribution in [-0.2, 0) is 11.2 Å². The van der Waals surface area contributed by atoms with E-state index in [2.05, 4.69) is 15.4 Å². The Morgan fingerprint density at radius 3 is 2.86 bits per heavy atom. The molecule has 2 aliphatic rings. The monoisotopic (exact) mass is 312 g/mol. The molecule has 1 amide bonds. The largest absolute Gasteiger partial charge is 0.408 e. The number of hydrazone groups is 1. The van der Waals surface area contributed by atoms with Crippen LogP contribution in [0.4, 0.5) is 13.2 Å². The Morgan fingerprint density at radius 2 is 2.18 bits per heavy atom. The number of alkyl halides is 3. The summed E-state index contributed by atoms with van der Waals surface area (Å²) in [6, 6.07) is 5.31. The number of fused-ring (bicyclic) bond motifs is 1. The van der Waals surface area contributed by atoms with Crippen LogP contribution >= 0.6 is 0 Å². The number of piperidine rings is 1. The van der Waals surface area contributed by atoms with E-state index in [4.69, 9.17) is 0 Å². The molecule has 0 radical (unpaired) electrons. The molecular weight excluding hydrogens is 297 g/mol. The summed E-state index contributed by atoms with van der Waals surface area (Å²) in [7, 11) is 0. The zero-order chi connectivity index (χ0) is 15.8. The molecule has 22 heavy (non-hydrogen) atoms. The van der Waals surface area contributed by atoms with Gasteiger partial charge in [0.05, 0.1) is 5.71 Å². The van der Waals surface area contributed by atoms with Crippen LogP contribution in [0.15, 0.2) is 29.5 Å². The Bertz CT molecular complexity index is 602. The van der Waals surface area contributed by atoms with E-state index in [0.29, 0.717) is 29.4 Å². The lowest BCUT2D eigenvalue weighted by atomic mass is 9.75. The van der Waals surface area contributed by atoms with Gasteiger partial charge in [-0.15, -0.1) is 0 Å². The van der Waals surface area contributed by atoms with Crippen LogP contribution in [-0.4, -0.2) is 47.4 Å². The minimum absolute atomic E-state index is 0.257. The fourth-order valence-corrected chi connectivity index (χ4v) is 2.96. The predicted octanol–water partition coefficient (Wildman–Crippen LogP) is 1.36. The number of amides is 1. The fraction of sp³-hybridized carbons (Fsp3) is 0.500. The molecule has 1 aromatic heterocycles. The second-order valence-corrected chi connectivity index (χ2v) is 5.53. The molecule has 1 unspecified atom stereocenters. The summed E-state index contributed by atoms with van der Waals surface area (Å²) >= 11 is 0. The van der Waals surface area contributed by atoms with Crippen LogP contribution in [0.2, 0.25) is 0 Å². The molecule has 2 aliphatic heterocycles. The van der Waals surface area contributed by atoms with Crippen molar-refractivity contribution in [1.82, 2.24) is 15.3 Å². The van der Waals surface area contributed by atoms with E-state index >= 15 is 0 Å². The van der Waals surface area contributed by atoms with Crippen molar-refractivity contribution in [2.24, 2.45) is 10.5 Å². The van der Waals surface area contributed by atoms with Crippen LogP contribution in [0.5, 0.6) is 0 Å². The number of pyridine rings is 1. The van der Waals surface area contributed by atoms with Gasteiger partial charge in [0.2, 0.25) is 0 Å². The predicted molar refractivity (Wildman–Crippen MR) is 73.1 cm³/mol. The summed E-state index contributed by atoms with van der Waals surface area (Å²) in [6.07, 6.45) is -2.14. The van der Waals surface area contributed by atoms with Gasteiger partial charge in [-0.1, -0.05) is 6.07 Å². The first-order valence-electron chi connectivity index (χ1n) is 6.98. The van der Waals surface area contributed by atoms with Gasteiger partial charge >= 0.3 is 6.18 Å². The molecule has 118 valence electrons. The third kappa shape index (κ3) is 2.70. The number of carbonyl (C=O) groups excluding carboxylic acids is 1. The molecule has 1 N–H and O–H groups in total. The summed E-state index contributed by atoms with van der Waals surface area (Å²) in [4.78, 5) is 16.8. The quantitative estimate of drug-likeness (QED) is 0.917. The van der Waals surface area contributed by atoms with Crippen LogP contribution in [0, 0.1) is 5.41 Å². The minimum atomic E-state index is -4.47. The number of halogens is 3. The lowest BCUT2D eigenvalue weighted by Crippen LogP contribution is -2.53. The van der Waals surface area contributed by atoms with Gasteiger partial charge < -0.3 is 5.32 Å². The first-order chi connectivity index (χ1) is 10.4. The van der Waals surface area contributed by atoms with Gasteiger partial charge in [-0.2, -0.15) is 18.3 Å². The number of aromatic nitrogens is 1. The third-order valence-electron chi connectivity index (χ3n) is 3.94. The molecule has 3 heterocycles. The van der Waals surface area contributed by atoms with E-state index in [1.807, 2.05) is 0 Å². The van der Waals surface area contributed by atoms with Crippen molar-refractivity contribution >= 4 is 11.6 Å². The van der Waals surface area contributed by atoms with Crippen molar-refractivity contribution in [1.29, 1.82) is 0 Å². The Kier molecular flexibility index (Phi) is 3.64. The molecule has 1 saturated heterocycles. The Balaban J connectivity index is 1.90. The Hall–Kier alpha value is -1.96. The SMILES string of the molecule is O=C1N(CC(F)(F)F)N=C2CCNCC12Cc1ccccn1. The molecule has 1 fully saturated rings. The number of hydrogen-bond donors (Lipinski definition) is 1. The first kappa shape index (κ1) is 15.0. The average Bonchev–Trinajstić information content (AvgIpc) is 2.72. The number of nitrogens with zero attached hydrogens (tertiary/aromatic N) is 3. The fourth-order valence-electron chi connectivity index (χ4n) is 2.96. The Morgan fingerprint density at radius 1 is 1.36 bits per heavy atom. The maximum Gasteiger partial charge on any atom is 0.408 e. The molecule has 0 aliphatic carbocycles. The lowest BCUT2D eigenvalue weighted by molar-refractivity contribution is -0.163. The van der Waals surface area contributed by atoms with Crippen LogP contribution in [0.1, 0.15) is 12.1 Å². The maximum atomic E-state index is 12.6. The summed E-state index contributed by atoms with van der Waals surface area (Å²) in [5.41, 5.74) is 0.143. The van der Waals surface area contributed by atoms with Crippen molar-refractivity contribution in [2.75, 3.05) is 19.6 Å². The normalized spacial score (nSPS) is 25.1. The van der Waals surface area contributed by atoms with Gasteiger partial charge in [0.25, 0.3) is 5.91 Å². The molecule has 0 aromatic carbocycles. The second kappa shape index (κ2) is 5.35. The van der Waals surface area contributed by atoms with Crippen molar-refractivity contribution in [3.8, 4) is 0 Å². The second-order valence-electron chi connectivity index (χ2n) is 5.53. The number of rotatable bonds is 3. The summed E-state index contributed by atoms with van der Waals surface area (Å²) in [5, 5.41) is 7.61. The molecule has 3 rings (SSSR count). The van der Waals surface area contributed by atoms with E-state index < -0.39 is 24.0 Å². The van der Waals surface area contributed by atoms with Gasteiger partial charge in [0.1, 0.15) is 12.0 Å². The Labute approximate surface area is 125 Å². The summed E-state index contributed by atoms with van der Waals surface area (Å²) in [5.74, 6) is -0.599. The van der Waals surface area contributed by atoms with Crippen molar-refractivity contribution in [2.45, 2.75) is 19.0 Å². The highest BCUT2D eigenvalue weighted by molar-refractivity contribution is 6.13. The van der Waals surface area contributed by atoms with E-state index in [1.165, 1.54) is 0 Å². The number of carbonyl (C=O) groups is 1. The lowest BCUT2D eigenvalue weighted by Gasteiger charge is -2.32. The van der Waals surface area contributed by atoms with Gasteiger partial charge in [-0.3, -0.25) is 9.78 Å². The zero-order valence-corrected chi connectivity index (χ0v) is 11.7.